The number of hydrogen-bond acceptors (Lipinski definition) is 6. The normalized spacial score (nSPS) is 20.1. The van der Waals surface area contributed by atoms with E-state index in [9.17, 15) is 32.3 Å². The van der Waals surface area contributed by atoms with E-state index < -0.39 is 57.7 Å². The number of nitrogens with zero attached hydrogens (tertiary/aromatic N) is 2. The number of fused-ring (bicyclic) bond motifs is 2. The van der Waals surface area contributed by atoms with Crippen LogP contribution in [0.4, 0.5) is 24.5 Å². The fraction of sp³-hybridized carbons (Fsp3) is 0.172. The third-order valence-electron chi connectivity index (χ3n) is 7.03. The molecule has 4 aromatic rings. The minimum Gasteiger partial charge on any atom is -0.324 e. The Balaban J connectivity index is 1.39. The molecular formula is C29H20F3N3O4S2. The molecule has 1 saturated heterocycles. The number of nitrogens with one attached hydrogen (secondary N) is 1. The zero-order valence-electron chi connectivity index (χ0n) is 21.0. The number of halogens is 3. The number of thiazole rings is 1. The van der Waals surface area contributed by atoms with Crippen LogP contribution in [0.3, 0.4) is 0 Å². The van der Waals surface area contributed by atoms with E-state index in [0.29, 0.717) is 15.6 Å². The van der Waals surface area contributed by atoms with Crippen LogP contribution < -0.4 is 15.1 Å². The van der Waals surface area contributed by atoms with Crippen LogP contribution in [0, 0.1) is 5.92 Å². The van der Waals surface area contributed by atoms with Crippen LogP contribution in [-0.4, -0.2) is 27.5 Å². The Bertz CT molecular complexity index is 1720. The highest BCUT2D eigenvalue weighted by Crippen LogP contribution is 2.53. The van der Waals surface area contributed by atoms with Gasteiger partial charge in [0.15, 0.2) is 0 Å². The van der Waals surface area contributed by atoms with E-state index in [0.717, 1.165) is 45.7 Å². The van der Waals surface area contributed by atoms with Gasteiger partial charge in [0.25, 0.3) is 0 Å². The molecule has 0 saturated carbocycles. The first-order valence-electron chi connectivity index (χ1n) is 12.5. The van der Waals surface area contributed by atoms with Crippen molar-refractivity contribution in [1.29, 1.82) is 0 Å². The summed E-state index contributed by atoms with van der Waals surface area (Å²) in [5.74, 6) is -3.07. The molecule has 0 unspecified atom stereocenters. The number of benzene rings is 3. The second-order valence-corrected chi connectivity index (χ2v) is 11.6. The number of amides is 3. The Hall–Kier alpha value is -4.16. The maximum Gasteiger partial charge on any atom is 0.418 e. The Morgan fingerprint density at radius 1 is 0.854 bits per heavy atom. The van der Waals surface area contributed by atoms with Gasteiger partial charge >= 0.3 is 11.0 Å². The van der Waals surface area contributed by atoms with E-state index in [1.165, 1.54) is 16.7 Å². The maximum atomic E-state index is 13.8. The summed E-state index contributed by atoms with van der Waals surface area (Å²) in [5.41, 5.74) is -0.262. The quantitative estimate of drug-likeness (QED) is 0.314. The number of thioether (sulfide) groups is 1. The highest BCUT2D eigenvalue weighted by Gasteiger charge is 2.56. The SMILES string of the molecule is O=C(Cn1c2c(sc1=O)[C@@H](c1ccccc1)[C@@H]1C(=O)N(c3ccccc3)C(=O)[C@@H]1S2)Nc1ccccc1C(F)(F)F. The van der Waals surface area contributed by atoms with Crippen LogP contribution in [0.25, 0.3) is 0 Å². The van der Waals surface area contributed by atoms with E-state index >= 15 is 0 Å². The minimum absolute atomic E-state index is 0.352. The molecule has 3 amide bonds. The number of para-hydroxylation sites is 2. The van der Waals surface area contributed by atoms with Gasteiger partial charge in [0, 0.05) is 10.8 Å². The van der Waals surface area contributed by atoms with Crippen LogP contribution >= 0.6 is 23.1 Å². The number of rotatable bonds is 5. The van der Waals surface area contributed by atoms with E-state index in [1.54, 1.807) is 42.5 Å². The monoisotopic (exact) mass is 595 g/mol. The summed E-state index contributed by atoms with van der Waals surface area (Å²) in [4.78, 5) is 54.8. The fourth-order valence-electron chi connectivity index (χ4n) is 5.28. The molecule has 41 heavy (non-hydrogen) atoms. The molecule has 3 heterocycles. The zero-order valence-corrected chi connectivity index (χ0v) is 22.6. The summed E-state index contributed by atoms with van der Waals surface area (Å²) in [5, 5.41) is 1.76. The Morgan fingerprint density at radius 2 is 1.49 bits per heavy atom. The summed E-state index contributed by atoms with van der Waals surface area (Å²) in [6, 6.07) is 22.2. The summed E-state index contributed by atoms with van der Waals surface area (Å²) in [6.45, 7) is -0.562. The van der Waals surface area contributed by atoms with Gasteiger partial charge in [0.2, 0.25) is 17.7 Å². The Morgan fingerprint density at radius 3 is 2.17 bits per heavy atom. The third-order valence-corrected chi connectivity index (χ3v) is 9.63. The van der Waals surface area contributed by atoms with Gasteiger partial charge in [-0.3, -0.25) is 23.7 Å². The van der Waals surface area contributed by atoms with Crippen molar-refractivity contribution in [3.63, 3.8) is 0 Å². The first kappa shape index (κ1) is 27.0. The maximum absolute atomic E-state index is 13.8. The van der Waals surface area contributed by atoms with Crippen LogP contribution in [0.5, 0.6) is 0 Å². The van der Waals surface area contributed by atoms with Crippen molar-refractivity contribution in [2.45, 2.75) is 28.9 Å². The van der Waals surface area contributed by atoms with E-state index in [2.05, 4.69) is 5.32 Å². The molecule has 1 fully saturated rings. The van der Waals surface area contributed by atoms with Crippen molar-refractivity contribution >= 4 is 52.2 Å². The molecule has 2 aliphatic rings. The number of aromatic nitrogens is 1. The molecule has 3 aromatic carbocycles. The number of hydrogen-bond donors (Lipinski definition) is 1. The third kappa shape index (κ3) is 4.76. The largest absolute Gasteiger partial charge is 0.418 e. The van der Waals surface area contributed by atoms with Crippen molar-refractivity contribution in [3.8, 4) is 0 Å². The van der Waals surface area contributed by atoms with Gasteiger partial charge in [-0.05, 0) is 29.8 Å². The predicted molar refractivity (Wildman–Crippen MR) is 149 cm³/mol. The first-order valence-corrected chi connectivity index (χ1v) is 14.2. The average molecular weight is 596 g/mol. The minimum atomic E-state index is -4.68. The number of carbonyl (C=O) groups excluding carboxylic acids is 3. The van der Waals surface area contributed by atoms with Gasteiger partial charge in [-0.1, -0.05) is 83.8 Å². The Kier molecular flexibility index (Phi) is 6.82. The van der Waals surface area contributed by atoms with Gasteiger partial charge in [-0.2, -0.15) is 13.2 Å². The molecule has 2 aliphatic heterocycles. The molecule has 12 heteroatoms. The van der Waals surface area contributed by atoms with Crippen molar-refractivity contribution in [2.75, 3.05) is 10.2 Å². The van der Waals surface area contributed by atoms with Gasteiger partial charge in [0.1, 0.15) is 11.8 Å². The average Bonchev–Trinajstić information content (AvgIpc) is 3.39. The number of alkyl halides is 3. The molecular weight excluding hydrogens is 575 g/mol. The molecule has 3 atom stereocenters. The van der Waals surface area contributed by atoms with E-state index in [4.69, 9.17) is 0 Å². The van der Waals surface area contributed by atoms with Crippen LogP contribution in [-0.2, 0) is 27.1 Å². The second kappa shape index (κ2) is 10.3. The summed E-state index contributed by atoms with van der Waals surface area (Å²) < 4.78 is 41.5. The summed E-state index contributed by atoms with van der Waals surface area (Å²) in [7, 11) is 0. The topological polar surface area (TPSA) is 88.5 Å². The molecule has 0 bridgehead atoms. The molecule has 0 spiro atoms. The number of imide groups is 1. The van der Waals surface area contributed by atoms with Crippen molar-refractivity contribution in [2.24, 2.45) is 5.92 Å². The van der Waals surface area contributed by atoms with Crippen LogP contribution in [0.1, 0.15) is 21.9 Å². The Labute approximate surface area is 239 Å². The highest BCUT2D eigenvalue weighted by atomic mass is 32.2. The standard InChI is InChI=1S/C29H20F3N3O4S2/c30-29(31,32)18-13-7-8-14-19(18)33-20(36)15-34-27-24(41-28(34)39)21(16-9-3-1-4-10-16)22-23(40-27)26(38)35(25(22)37)17-11-5-2-6-12-17/h1-14,21-23H,15H2,(H,33,36)/t21-,22-,23+/m0/s1. The number of carbonyl (C=O) groups is 3. The zero-order chi connectivity index (χ0) is 28.9. The van der Waals surface area contributed by atoms with Crippen molar-refractivity contribution in [1.82, 2.24) is 4.57 Å². The van der Waals surface area contributed by atoms with E-state index in [-0.39, 0.29) is 5.91 Å². The van der Waals surface area contributed by atoms with Crippen LogP contribution in [0.15, 0.2) is 94.7 Å². The van der Waals surface area contributed by atoms with Gasteiger partial charge < -0.3 is 5.32 Å². The van der Waals surface area contributed by atoms with Gasteiger partial charge in [-0.25, -0.2) is 4.90 Å². The molecule has 7 nitrogen and oxygen atoms in total. The molecule has 1 N–H and O–H groups in total. The molecule has 0 aliphatic carbocycles. The molecule has 0 radical (unpaired) electrons. The van der Waals surface area contributed by atoms with Crippen LogP contribution in [0.2, 0.25) is 0 Å². The lowest BCUT2D eigenvalue weighted by molar-refractivity contribution is -0.137. The lowest BCUT2D eigenvalue weighted by Crippen LogP contribution is -2.33. The highest BCUT2D eigenvalue weighted by molar-refractivity contribution is 8.00. The van der Waals surface area contributed by atoms with Gasteiger partial charge in [0.05, 0.1) is 27.9 Å². The van der Waals surface area contributed by atoms with Gasteiger partial charge in [-0.15, -0.1) is 0 Å². The second-order valence-electron chi connectivity index (χ2n) is 9.52. The number of anilines is 2. The fourth-order valence-corrected chi connectivity index (χ4v) is 8.05. The molecule has 208 valence electrons. The van der Waals surface area contributed by atoms with Crippen molar-refractivity contribution < 1.29 is 27.6 Å². The van der Waals surface area contributed by atoms with E-state index in [1.807, 2.05) is 18.2 Å². The smallest absolute Gasteiger partial charge is 0.324 e. The summed E-state index contributed by atoms with van der Waals surface area (Å²) >= 11 is 1.91. The predicted octanol–water partition coefficient (Wildman–Crippen LogP) is 5.36. The van der Waals surface area contributed by atoms with Crippen molar-refractivity contribution in [3.05, 3.63) is 111 Å². The summed E-state index contributed by atoms with van der Waals surface area (Å²) in [6.07, 6.45) is -4.68. The molecule has 1 aromatic heterocycles. The lowest BCUT2D eigenvalue weighted by atomic mass is 9.83. The first-order chi connectivity index (χ1) is 19.6. The molecule has 6 rings (SSSR count). The lowest BCUT2D eigenvalue weighted by Gasteiger charge is -2.30.